The lowest BCUT2D eigenvalue weighted by Crippen LogP contribution is -2.32. The predicted octanol–water partition coefficient (Wildman–Crippen LogP) is 3.87. The molecule has 0 aliphatic carbocycles. The molecule has 0 aliphatic rings. The van der Waals surface area contributed by atoms with Crippen molar-refractivity contribution in [2.75, 3.05) is 19.0 Å². The average Bonchev–Trinajstić information content (AvgIpc) is 3.19. The van der Waals surface area contributed by atoms with Crippen LogP contribution in [0.5, 0.6) is 0 Å². The van der Waals surface area contributed by atoms with E-state index in [0.717, 1.165) is 11.3 Å². The second kappa shape index (κ2) is 10.6. The van der Waals surface area contributed by atoms with Crippen LogP contribution >= 0.6 is 22.6 Å². The monoisotopic (exact) mass is 528 g/mol. The summed E-state index contributed by atoms with van der Waals surface area (Å²) in [6.45, 7) is 0. The van der Waals surface area contributed by atoms with Crippen LogP contribution in [0, 0.1) is 3.77 Å². The van der Waals surface area contributed by atoms with Gasteiger partial charge in [0.2, 0.25) is 0 Å². The SMILES string of the molecule is CN(C)c1ccc(/C=C(\NC(=O)c2ccccc2)C(=O)N/N=C\c2ccc(I)o2)cc1. The number of halogens is 1. The molecule has 0 fully saturated rings. The summed E-state index contributed by atoms with van der Waals surface area (Å²) in [4.78, 5) is 27.3. The van der Waals surface area contributed by atoms with Gasteiger partial charge in [-0.1, -0.05) is 30.3 Å². The molecular formula is C23H21IN4O3. The zero-order valence-electron chi connectivity index (χ0n) is 17.0. The number of furan rings is 1. The molecule has 2 N–H and O–H groups in total. The lowest BCUT2D eigenvalue weighted by atomic mass is 10.1. The maximum Gasteiger partial charge on any atom is 0.287 e. The van der Waals surface area contributed by atoms with Gasteiger partial charge in [0.15, 0.2) is 3.77 Å². The molecule has 2 aromatic carbocycles. The van der Waals surface area contributed by atoms with Crippen LogP contribution < -0.4 is 15.6 Å². The van der Waals surface area contributed by atoms with Gasteiger partial charge in [-0.2, -0.15) is 5.10 Å². The fraction of sp³-hybridized carbons (Fsp3) is 0.0870. The highest BCUT2D eigenvalue weighted by molar-refractivity contribution is 14.1. The molecular weight excluding hydrogens is 507 g/mol. The smallest absolute Gasteiger partial charge is 0.287 e. The predicted molar refractivity (Wildman–Crippen MR) is 130 cm³/mol. The second-order valence-corrected chi connectivity index (χ2v) is 7.77. The Bertz CT molecular complexity index is 1100. The summed E-state index contributed by atoms with van der Waals surface area (Å²) in [5.74, 6) is -0.447. The number of nitrogens with zero attached hydrogens (tertiary/aromatic N) is 2. The van der Waals surface area contributed by atoms with Crippen molar-refractivity contribution in [1.29, 1.82) is 0 Å². The molecule has 158 valence electrons. The standard InChI is InChI=1S/C23H21IN4O3/c1-28(2)18-10-8-16(9-11-18)14-20(26-22(29)17-6-4-3-5-7-17)23(30)27-25-15-19-12-13-21(24)31-19/h3-15H,1-2H3,(H,26,29)(H,27,30)/b20-14-,25-15-. The minimum Gasteiger partial charge on any atom is -0.449 e. The summed E-state index contributed by atoms with van der Waals surface area (Å²) >= 11 is 2.04. The van der Waals surface area contributed by atoms with Crippen molar-refractivity contribution >= 4 is 52.4 Å². The van der Waals surface area contributed by atoms with Crippen molar-refractivity contribution in [3.05, 3.63) is 93.1 Å². The Kier molecular flexibility index (Phi) is 7.60. The van der Waals surface area contributed by atoms with Crippen LogP contribution in [0.15, 0.2) is 81.9 Å². The van der Waals surface area contributed by atoms with E-state index in [-0.39, 0.29) is 5.70 Å². The number of carbonyl (C=O) groups is 2. The largest absolute Gasteiger partial charge is 0.449 e. The van der Waals surface area contributed by atoms with Crippen molar-refractivity contribution in [3.8, 4) is 0 Å². The molecule has 0 atom stereocenters. The Morgan fingerprint density at radius 1 is 1.00 bits per heavy atom. The molecule has 0 saturated heterocycles. The molecule has 0 bridgehead atoms. The van der Waals surface area contributed by atoms with E-state index in [9.17, 15) is 9.59 Å². The van der Waals surface area contributed by atoms with Crippen LogP contribution in [0.4, 0.5) is 5.69 Å². The molecule has 3 aromatic rings. The third kappa shape index (κ3) is 6.54. The third-order valence-electron chi connectivity index (χ3n) is 4.20. The van der Waals surface area contributed by atoms with Gasteiger partial charge >= 0.3 is 0 Å². The molecule has 0 unspecified atom stereocenters. The Labute approximate surface area is 194 Å². The molecule has 1 heterocycles. The number of benzene rings is 2. The van der Waals surface area contributed by atoms with Gasteiger partial charge in [0.1, 0.15) is 11.5 Å². The quantitative estimate of drug-likeness (QED) is 0.211. The number of hydrogen-bond donors (Lipinski definition) is 2. The molecule has 0 radical (unpaired) electrons. The number of rotatable bonds is 7. The van der Waals surface area contributed by atoms with Gasteiger partial charge in [0.05, 0.1) is 6.21 Å². The molecule has 3 rings (SSSR count). The van der Waals surface area contributed by atoms with Crippen molar-refractivity contribution in [2.45, 2.75) is 0 Å². The van der Waals surface area contributed by atoms with Gasteiger partial charge in [-0.15, -0.1) is 0 Å². The molecule has 0 saturated carbocycles. The summed E-state index contributed by atoms with van der Waals surface area (Å²) in [7, 11) is 3.89. The van der Waals surface area contributed by atoms with Crippen LogP contribution in [-0.2, 0) is 4.79 Å². The average molecular weight is 528 g/mol. The molecule has 0 aliphatic heterocycles. The molecule has 8 heteroatoms. The van der Waals surface area contributed by atoms with E-state index in [1.165, 1.54) is 6.21 Å². The number of nitrogens with one attached hydrogen (secondary N) is 2. The van der Waals surface area contributed by atoms with Crippen LogP contribution in [0.2, 0.25) is 0 Å². The van der Waals surface area contributed by atoms with Crippen molar-refractivity contribution in [1.82, 2.24) is 10.7 Å². The van der Waals surface area contributed by atoms with Crippen molar-refractivity contribution in [2.24, 2.45) is 5.10 Å². The number of carbonyl (C=O) groups excluding carboxylic acids is 2. The molecule has 31 heavy (non-hydrogen) atoms. The van der Waals surface area contributed by atoms with E-state index >= 15 is 0 Å². The summed E-state index contributed by atoms with van der Waals surface area (Å²) in [6.07, 6.45) is 2.99. The summed E-state index contributed by atoms with van der Waals surface area (Å²) in [5, 5.41) is 6.59. The topological polar surface area (TPSA) is 86.9 Å². The van der Waals surface area contributed by atoms with Gasteiger partial charge in [-0.05, 0) is 70.6 Å². The minimum absolute atomic E-state index is 0.0673. The number of amides is 2. The Hall–Kier alpha value is -3.40. The number of anilines is 1. The van der Waals surface area contributed by atoms with E-state index in [1.54, 1.807) is 42.5 Å². The van der Waals surface area contributed by atoms with Gasteiger partial charge in [-0.25, -0.2) is 5.43 Å². The Morgan fingerprint density at radius 2 is 1.71 bits per heavy atom. The highest BCUT2D eigenvalue weighted by Crippen LogP contribution is 2.15. The molecule has 2 amide bonds. The maximum absolute atomic E-state index is 12.7. The lowest BCUT2D eigenvalue weighted by Gasteiger charge is -2.12. The highest BCUT2D eigenvalue weighted by Gasteiger charge is 2.14. The lowest BCUT2D eigenvalue weighted by molar-refractivity contribution is -0.117. The van der Waals surface area contributed by atoms with Gasteiger partial charge in [0, 0.05) is 25.3 Å². The molecule has 7 nitrogen and oxygen atoms in total. The fourth-order valence-electron chi connectivity index (χ4n) is 2.59. The summed E-state index contributed by atoms with van der Waals surface area (Å²) < 4.78 is 6.08. The van der Waals surface area contributed by atoms with Crippen molar-refractivity contribution in [3.63, 3.8) is 0 Å². The van der Waals surface area contributed by atoms with E-state index in [4.69, 9.17) is 4.42 Å². The van der Waals surface area contributed by atoms with E-state index in [1.807, 2.05) is 71.9 Å². The van der Waals surface area contributed by atoms with Crippen LogP contribution in [0.3, 0.4) is 0 Å². The zero-order chi connectivity index (χ0) is 22.2. The van der Waals surface area contributed by atoms with E-state index < -0.39 is 11.8 Å². The first-order valence-corrected chi connectivity index (χ1v) is 10.4. The Balaban J connectivity index is 1.81. The first-order valence-electron chi connectivity index (χ1n) is 9.36. The third-order valence-corrected chi connectivity index (χ3v) is 4.78. The number of hydrazone groups is 1. The van der Waals surface area contributed by atoms with Crippen LogP contribution in [0.25, 0.3) is 6.08 Å². The first kappa shape index (κ1) is 22.3. The second-order valence-electron chi connectivity index (χ2n) is 6.71. The maximum atomic E-state index is 12.7. The first-order chi connectivity index (χ1) is 14.9. The van der Waals surface area contributed by atoms with E-state index in [2.05, 4.69) is 15.8 Å². The summed E-state index contributed by atoms with van der Waals surface area (Å²) in [6, 6.07) is 19.8. The Morgan fingerprint density at radius 3 is 2.32 bits per heavy atom. The normalized spacial score (nSPS) is 11.4. The van der Waals surface area contributed by atoms with Gasteiger partial charge in [-0.3, -0.25) is 9.59 Å². The van der Waals surface area contributed by atoms with E-state index in [0.29, 0.717) is 15.1 Å². The van der Waals surface area contributed by atoms with Crippen molar-refractivity contribution < 1.29 is 14.0 Å². The zero-order valence-corrected chi connectivity index (χ0v) is 19.2. The highest BCUT2D eigenvalue weighted by atomic mass is 127. The summed E-state index contributed by atoms with van der Waals surface area (Å²) in [5.41, 5.74) is 4.71. The fourth-order valence-corrected chi connectivity index (χ4v) is 3.02. The molecule has 1 aromatic heterocycles. The van der Waals surface area contributed by atoms with Crippen LogP contribution in [0.1, 0.15) is 21.7 Å². The van der Waals surface area contributed by atoms with Crippen LogP contribution in [-0.4, -0.2) is 32.1 Å². The van der Waals surface area contributed by atoms with Gasteiger partial charge < -0.3 is 14.6 Å². The van der Waals surface area contributed by atoms with Gasteiger partial charge in [0.25, 0.3) is 11.8 Å². The molecule has 0 spiro atoms. The minimum atomic E-state index is -0.557. The number of hydrogen-bond acceptors (Lipinski definition) is 5.